The van der Waals surface area contributed by atoms with Crippen LogP contribution in [0.25, 0.3) is 0 Å². The van der Waals surface area contributed by atoms with E-state index in [9.17, 15) is 18.4 Å². The Morgan fingerprint density at radius 2 is 2.04 bits per heavy atom. The summed E-state index contributed by atoms with van der Waals surface area (Å²) in [7, 11) is 0. The normalized spacial score (nSPS) is 16.5. The van der Waals surface area contributed by atoms with Crippen LogP contribution in [-0.4, -0.2) is 42.4 Å². The Balaban J connectivity index is 1.36. The lowest BCUT2D eigenvalue weighted by Gasteiger charge is -2.39. The molecule has 27 heavy (non-hydrogen) atoms. The average molecular weight is 373 g/mol. The molecule has 0 unspecified atom stereocenters. The van der Waals surface area contributed by atoms with Gasteiger partial charge in [0.25, 0.3) is 5.91 Å². The molecule has 2 heterocycles. The van der Waals surface area contributed by atoms with Gasteiger partial charge in [-0.05, 0) is 23.8 Å². The SMILES string of the molecule is O=C1COc2cc(F)c(C(=O)N3CC(OCc4cccc(F)c4)C3)cc2C1. The number of hydrogen-bond acceptors (Lipinski definition) is 4. The van der Waals surface area contributed by atoms with Gasteiger partial charge in [-0.15, -0.1) is 0 Å². The minimum atomic E-state index is -0.669. The van der Waals surface area contributed by atoms with Gasteiger partial charge in [-0.2, -0.15) is 0 Å². The lowest BCUT2D eigenvalue weighted by atomic mass is 10.0. The van der Waals surface area contributed by atoms with Gasteiger partial charge in [0.15, 0.2) is 5.78 Å². The number of ether oxygens (including phenoxy) is 2. The molecule has 7 heteroatoms. The van der Waals surface area contributed by atoms with Crippen LogP contribution in [0.1, 0.15) is 21.5 Å². The van der Waals surface area contributed by atoms with Crippen molar-refractivity contribution in [1.29, 1.82) is 0 Å². The van der Waals surface area contributed by atoms with E-state index in [1.807, 2.05) is 0 Å². The van der Waals surface area contributed by atoms with Crippen LogP contribution in [-0.2, 0) is 22.6 Å². The molecule has 1 fully saturated rings. The molecule has 1 amide bonds. The first-order chi connectivity index (χ1) is 13.0. The summed E-state index contributed by atoms with van der Waals surface area (Å²) in [5, 5.41) is 0. The number of Topliss-reactive ketones (excluding diaryl/α,β-unsaturated/α-hetero) is 1. The Hall–Kier alpha value is -2.80. The molecule has 0 aliphatic carbocycles. The molecule has 0 radical (unpaired) electrons. The molecule has 0 saturated carbocycles. The Morgan fingerprint density at radius 3 is 2.81 bits per heavy atom. The first-order valence-corrected chi connectivity index (χ1v) is 8.62. The number of fused-ring (bicyclic) bond motifs is 1. The predicted molar refractivity (Wildman–Crippen MR) is 91.5 cm³/mol. The Bertz CT molecular complexity index is 909. The molecule has 2 aliphatic heterocycles. The zero-order valence-corrected chi connectivity index (χ0v) is 14.4. The van der Waals surface area contributed by atoms with E-state index >= 15 is 0 Å². The molecule has 5 nitrogen and oxygen atoms in total. The summed E-state index contributed by atoms with van der Waals surface area (Å²) in [5.41, 5.74) is 1.16. The van der Waals surface area contributed by atoms with Gasteiger partial charge >= 0.3 is 0 Å². The van der Waals surface area contributed by atoms with Crippen LogP contribution in [0.15, 0.2) is 36.4 Å². The molecular weight excluding hydrogens is 356 g/mol. The van der Waals surface area contributed by atoms with Gasteiger partial charge in [0, 0.05) is 31.1 Å². The van der Waals surface area contributed by atoms with E-state index in [1.54, 1.807) is 12.1 Å². The zero-order chi connectivity index (χ0) is 19.0. The van der Waals surface area contributed by atoms with E-state index in [1.165, 1.54) is 23.1 Å². The third kappa shape index (κ3) is 3.68. The summed E-state index contributed by atoms with van der Waals surface area (Å²) >= 11 is 0. The van der Waals surface area contributed by atoms with E-state index in [0.29, 0.717) is 30.0 Å². The lowest BCUT2D eigenvalue weighted by Crippen LogP contribution is -2.54. The Labute approximate surface area is 154 Å². The number of halogens is 2. The molecule has 2 aliphatic rings. The van der Waals surface area contributed by atoms with E-state index in [-0.39, 0.29) is 42.9 Å². The van der Waals surface area contributed by atoms with Crippen LogP contribution in [0.2, 0.25) is 0 Å². The number of nitrogens with zero attached hydrogens (tertiary/aromatic N) is 1. The minimum absolute atomic E-state index is 0.0732. The monoisotopic (exact) mass is 373 g/mol. The van der Waals surface area contributed by atoms with E-state index < -0.39 is 11.7 Å². The van der Waals surface area contributed by atoms with Gasteiger partial charge in [-0.25, -0.2) is 8.78 Å². The smallest absolute Gasteiger partial charge is 0.257 e. The number of hydrogen-bond donors (Lipinski definition) is 0. The third-order valence-corrected chi connectivity index (χ3v) is 4.67. The first-order valence-electron chi connectivity index (χ1n) is 8.62. The van der Waals surface area contributed by atoms with Crippen molar-refractivity contribution in [1.82, 2.24) is 4.90 Å². The molecule has 140 valence electrons. The summed E-state index contributed by atoms with van der Waals surface area (Å²) in [4.78, 5) is 25.5. The van der Waals surface area contributed by atoms with E-state index in [2.05, 4.69) is 0 Å². The second kappa shape index (κ2) is 7.08. The van der Waals surface area contributed by atoms with Crippen LogP contribution in [0.5, 0.6) is 5.75 Å². The van der Waals surface area contributed by atoms with Gasteiger partial charge in [0.2, 0.25) is 0 Å². The van der Waals surface area contributed by atoms with Crippen molar-refractivity contribution in [3.05, 3.63) is 64.7 Å². The largest absolute Gasteiger partial charge is 0.485 e. The van der Waals surface area contributed by atoms with Crippen LogP contribution < -0.4 is 4.74 Å². The lowest BCUT2D eigenvalue weighted by molar-refractivity contribution is -0.121. The molecule has 0 atom stereocenters. The van der Waals surface area contributed by atoms with Crippen LogP contribution in [0.4, 0.5) is 8.78 Å². The highest BCUT2D eigenvalue weighted by atomic mass is 19.1. The topological polar surface area (TPSA) is 55.8 Å². The van der Waals surface area contributed by atoms with Crippen molar-refractivity contribution in [3.8, 4) is 5.75 Å². The van der Waals surface area contributed by atoms with Crippen molar-refractivity contribution in [2.24, 2.45) is 0 Å². The van der Waals surface area contributed by atoms with Gasteiger partial charge in [0.05, 0.1) is 18.3 Å². The summed E-state index contributed by atoms with van der Waals surface area (Å²) in [6, 6.07) is 8.68. The van der Waals surface area contributed by atoms with Crippen molar-refractivity contribution in [2.75, 3.05) is 19.7 Å². The number of amides is 1. The highest BCUT2D eigenvalue weighted by Crippen LogP contribution is 2.28. The standard InChI is InChI=1S/C20H17F2NO4/c21-14-3-1-2-12(4-14)10-26-16-8-23(9-16)20(25)17-6-13-5-15(24)11-27-19(13)7-18(17)22/h1-4,6-7,16H,5,8-11H2. The number of benzene rings is 2. The van der Waals surface area contributed by atoms with Gasteiger partial charge in [-0.3, -0.25) is 9.59 Å². The van der Waals surface area contributed by atoms with Gasteiger partial charge < -0.3 is 14.4 Å². The van der Waals surface area contributed by atoms with Gasteiger partial charge in [-0.1, -0.05) is 12.1 Å². The van der Waals surface area contributed by atoms with E-state index in [0.717, 1.165) is 6.07 Å². The van der Waals surface area contributed by atoms with Crippen LogP contribution in [0.3, 0.4) is 0 Å². The highest BCUT2D eigenvalue weighted by Gasteiger charge is 2.34. The predicted octanol–water partition coefficient (Wildman–Crippen LogP) is 2.51. The zero-order valence-electron chi connectivity index (χ0n) is 14.4. The van der Waals surface area contributed by atoms with Crippen molar-refractivity contribution in [2.45, 2.75) is 19.1 Å². The maximum atomic E-state index is 14.3. The fourth-order valence-corrected chi connectivity index (χ4v) is 3.18. The third-order valence-electron chi connectivity index (χ3n) is 4.67. The van der Waals surface area contributed by atoms with Crippen LogP contribution >= 0.6 is 0 Å². The summed E-state index contributed by atoms with van der Waals surface area (Å²) in [5.74, 6) is -1.24. The quantitative estimate of drug-likeness (QED) is 0.827. The molecular formula is C20H17F2NO4. The molecule has 1 saturated heterocycles. The number of carbonyl (C=O) groups is 2. The maximum absolute atomic E-state index is 14.3. The second-order valence-corrected chi connectivity index (χ2v) is 6.72. The van der Waals surface area contributed by atoms with Crippen molar-refractivity contribution >= 4 is 11.7 Å². The first kappa shape index (κ1) is 17.6. The molecule has 2 aromatic rings. The summed E-state index contributed by atoms with van der Waals surface area (Å²) in [6.07, 6.45) is -0.0438. The molecule has 4 rings (SSSR count). The minimum Gasteiger partial charge on any atom is -0.485 e. The van der Waals surface area contributed by atoms with Gasteiger partial charge in [0.1, 0.15) is 24.0 Å². The fraction of sp³-hybridized carbons (Fsp3) is 0.300. The summed E-state index contributed by atoms with van der Waals surface area (Å²) < 4.78 is 38.3. The van der Waals surface area contributed by atoms with Crippen LogP contribution in [0, 0.1) is 11.6 Å². The second-order valence-electron chi connectivity index (χ2n) is 6.72. The van der Waals surface area contributed by atoms with Crippen molar-refractivity contribution in [3.63, 3.8) is 0 Å². The molecule has 0 aromatic heterocycles. The van der Waals surface area contributed by atoms with Crippen molar-refractivity contribution < 1.29 is 27.8 Å². The number of rotatable bonds is 4. The number of likely N-dealkylation sites (tertiary alicyclic amines) is 1. The number of carbonyl (C=O) groups excluding carboxylic acids is 2. The molecule has 0 N–H and O–H groups in total. The average Bonchev–Trinajstić information content (AvgIpc) is 2.60. The molecule has 0 spiro atoms. The number of ketones is 1. The summed E-state index contributed by atoms with van der Waals surface area (Å²) in [6.45, 7) is 0.841. The molecule has 0 bridgehead atoms. The Kier molecular flexibility index (Phi) is 4.61. The maximum Gasteiger partial charge on any atom is 0.257 e. The van der Waals surface area contributed by atoms with E-state index in [4.69, 9.17) is 9.47 Å². The Morgan fingerprint density at radius 1 is 1.22 bits per heavy atom. The molecule has 2 aromatic carbocycles. The highest BCUT2D eigenvalue weighted by molar-refractivity contribution is 5.96. The fourth-order valence-electron chi connectivity index (χ4n) is 3.18.